The number of allylic oxidation sites excluding steroid dienone is 2. The first kappa shape index (κ1) is 11.7. The molecule has 0 aromatic rings. The molecule has 0 saturated heterocycles. The van der Waals surface area contributed by atoms with Gasteiger partial charge < -0.3 is 4.43 Å². The van der Waals surface area contributed by atoms with Crippen molar-refractivity contribution in [1.29, 1.82) is 0 Å². The zero-order valence-electron chi connectivity index (χ0n) is 8.31. The van der Waals surface area contributed by atoms with E-state index in [-0.39, 0.29) is 0 Å². The number of hydrogen-bond donors (Lipinski definition) is 0. The highest BCUT2D eigenvalue weighted by Crippen LogP contribution is 2.18. The molecule has 0 radical (unpaired) electrons. The molecule has 2 heteroatoms. The molecule has 0 rings (SSSR count). The van der Waals surface area contributed by atoms with E-state index in [1.807, 2.05) is 12.2 Å². The van der Waals surface area contributed by atoms with Crippen LogP contribution in [0.15, 0.2) is 25.3 Å². The Balaban J connectivity index is 3.96. The van der Waals surface area contributed by atoms with Crippen molar-refractivity contribution >= 4 is 8.32 Å². The van der Waals surface area contributed by atoms with E-state index in [4.69, 9.17) is 4.43 Å². The minimum atomic E-state index is -1.51. The molecule has 0 spiro atoms. The minimum Gasteiger partial charge on any atom is -0.416 e. The SMILES string of the molecule is C=CC[Si](C)(CC=C)OCCC. The van der Waals surface area contributed by atoms with Crippen molar-refractivity contribution < 1.29 is 4.43 Å². The fourth-order valence-corrected chi connectivity index (χ4v) is 3.48. The molecule has 0 unspecified atom stereocenters. The van der Waals surface area contributed by atoms with Crippen LogP contribution in [0.5, 0.6) is 0 Å². The Bertz CT molecular complexity index is 133. The third kappa shape index (κ3) is 4.52. The van der Waals surface area contributed by atoms with Gasteiger partial charge in [0.2, 0.25) is 0 Å². The second kappa shape index (κ2) is 6.20. The van der Waals surface area contributed by atoms with E-state index in [2.05, 4.69) is 26.6 Å². The normalized spacial score (nSPS) is 11.2. The highest BCUT2D eigenvalue weighted by atomic mass is 28.4. The average Bonchev–Trinajstić information content (AvgIpc) is 2.02. The molecule has 0 saturated carbocycles. The molecule has 0 aromatic carbocycles. The first-order chi connectivity index (χ1) is 5.68. The maximum absolute atomic E-state index is 5.86. The van der Waals surface area contributed by atoms with Crippen LogP contribution in [-0.4, -0.2) is 14.9 Å². The third-order valence-electron chi connectivity index (χ3n) is 1.81. The van der Waals surface area contributed by atoms with Gasteiger partial charge in [-0.25, -0.2) is 0 Å². The van der Waals surface area contributed by atoms with Crippen molar-refractivity contribution in [1.82, 2.24) is 0 Å². The molecule has 0 fully saturated rings. The Kier molecular flexibility index (Phi) is 6.03. The van der Waals surface area contributed by atoms with E-state index in [1.165, 1.54) is 0 Å². The lowest BCUT2D eigenvalue weighted by atomic mass is 10.5. The molecule has 0 aliphatic carbocycles. The molecule has 0 aliphatic heterocycles. The Morgan fingerprint density at radius 1 is 1.25 bits per heavy atom. The van der Waals surface area contributed by atoms with E-state index in [1.54, 1.807) is 0 Å². The molecule has 0 heterocycles. The molecular weight excluding hydrogens is 164 g/mol. The average molecular weight is 184 g/mol. The molecule has 0 bridgehead atoms. The van der Waals surface area contributed by atoms with Gasteiger partial charge in [0, 0.05) is 6.61 Å². The van der Waals surface area contributed by atoms with Crippen LogP contribution < -0.4 is 0 Å². The van der Waals surface area contributed by atoms with Gasteiger partial charge >= 0.3 is 0 Å². The Hall–Kier alpha value is -0.343. The molecule has 0 aliphatic rings. The first-order valence-corrected chi connectivity index (χ1v) is 7.36. The second-order valence-electron chi connectivity index (χ2n) is 3.28. The Morgan fingerprint density at radius 2 is 1.75 bits per heavy atom. The van der Waals surface area contributed by atoms with Crippen molar-refractivity contribution in [3.05, 3.63) is 25.3 Å². The molecule has 12 heavy (non-hydrogen) atoms. The molecule has 70 valence electrons. The quantitative estimate of drug-likeness (QED) is 0.435. The van der Waals surface area contributed by atoms with Gasteiger partial charge in [-0.05, 0) is 25.1 Å². The summed E-state index contributed by atoms with van der Waals surface area (Å²) in [4.78, 5) is 0. The second-order valence-corrected chi connectivity index (χ2v) is 7.29. The molecule has 0 atom stereocenters. The van der Waals surface area contributed by atoms with Gasteiger partial charge in [-0.3, -0.25) is 0 Å². The lowest BCUT2D eigenvalue weighted by Crippen LogP contribution is -2.33. The Morgan fingerprint density at radius 3 is 2.08 bits per heavy atom. The minimum absolute atomic E-state index is 0.879. The number of rotatable bonds is 7. The zero-order chi connectivity index (χ0) is 9.45. The van der Waals surface area contributed by atoms with Crippen molar-refractivity contribution in [3.8, 4) is 0 Å². The van der Waals surface area contributed by atoms with Crippen LogP contribution in [0.2, 0.25) is 18.6 Å². The largest absolute Gasteiger partial charge is 0.416 e. The van der Waals surface area contributed by atoms with Crippen LogP contribution in [0.25, 0.3) is 0 Å². The lowest BCUT2D eigenvalue weighted by Gasteiger charge is -2.24. The van der Waals surface area contributed by atoms with Crippen molar-refractivity contribution in [2.75, 3.05) is 6.61 Å². The lowest BCUT2D eigenvalue weighted by molar-refractivity contribution is 0.306. The molecule has 0 amide bonds. The maximum Gasteiger partial charge on any atom is 0.197 e. The van der Waals surface area contributed by atoms with E-state index in [0.717, 1.165) is 25.1 Å². The van der Waals surface area contributed by atoms with Crippen molar-refractivity contribution in [2.45, 2.75) is 32.0 Å². The van der Waals surface area contributed by atoms with Crippen LogP contribution in [0.4, 0.5) is 0 Å². The van der Waals surface area contributed by atoms with E-state index >= 15 is 0 Å². The summed E-state index contributed by atoms with van der Waals surface area (Å²) in [7, 11) is -1.51. The summed E-state index contributed by atoms with van der Waals surface area (Å²) < 4.78 is 5.86. The Labute approximate surface area is 77.3 Å². The molecule has 0 aromatic heterocycles. The van der Waals surface area contributed by atoms with Gasteiger partial charge in [0.15, 0.2) is 8.32 Å². The summed E-state index contributed by atoms with van der Waals surface area (Å²) in [5.41, 5.74) is 0. The third-order valence-corrected chi connectivity index (χ3v) is 5.01. The van der Waals surface area contributed by atoms with Crippen LogP contribution in [0.3, 0.4) is 0 Å². The number of hydrogen-bond acceptors (Lipinski definition) is 1. The van der Waals surface area contributed by atoms with Crippen LogP contribution in [0, 0.1) is 0 Å². The molecule has 1 nitrogen and oxygen atoms in total. The van der Waals surface area contributed by atoms with Crippen molar-refractivity contribution in [3.63, 3.8) is 0 Å². The summed E-state index contributed by atoms with van der Waals surface area (Å²) in [5, 5.41) is 0. The predicted octanol–water partition coefficient (Wildman–Crippen LogP) is 3.36. The highest BCUT2D eigenvalue weighted by Gasteiger charge is 2.25. The molecular formula is C10H20OSi. The first-order valence-electron chi connectivity index (χ1n) is 4.54. The zero-order valence-corrected chi connectivity index (χ0v) is 9.31. The maximum atomic E-state index is 5.86. The van der Waals surface area contributed by atoms with Gasteiger partial charge in [-0.15, -0.1) is 13.2 Å². The fourth-order valence-electron chi connectivity index (χ4n) is 1.16. The molecule has 0 N–H and O–H groups in total. The van der Waals surface area contributed by atoms with Crippen LogP contribution >= 0.6 is 0 Å². The van der Waals surface area contributed by atoms with Gasteiger partial charge in [0.05, 0.1) is 0 Å². The van der Waals surface area contributed by atoms with Gasteiger partial charge in [0.25, 0.3) is 0 Å². The smallest absolute Gasteiger partial charge is 0.197 e. The summed E-state index contributed by atoms with van der Waals surface area (Å²) in [6.45, 7) is 12.8. The summed E-state index contributed by atoms with van der Waals surface area (Å²) >= 11 is 0. The van der Waals surface area contributed by atoms with Gasteiger partial charge in [0.1, 0.15) is 0 Å². The summed E-state index contributed by atoms with van der Waals surface area (Å²) in [5.74, 6) is 0. The van der Waals surface area contributed by atoms with E-state index in [9.17, 15) is 0 Å². The van der Waals surface area contributed by atoms with E-state index in [0.29, 0.717) is 0 Å². The summed E-state index contributed by atoms with van der Waals surface area (Å²) in [6.07, 6.45) is 5.02. The van der Waals surface area contributed by atoms with Crippen LogP contribution in [-0.2, 0) is 4.43 Å². The van der Waals surface area contributed by atoms with Crippen LogP contribution in [0.1, 0.15) is 13.3 Å². The fraction of sp³-hybridized carbons (Fsp3) is 0.600. The highest BCUT2D eigenvalue weighted by molar-refractivity contribution is 6.73. The topological polar surface area (TPSA) is 9.23 Å². The monoisotopic (exact) mass is 184 g/mol. The standard InChI is InChI=1S/C10H20OSi/c1-5-8-11-12(4,9-6-2)10-7-3/h6-7H,2-3,5,8-10H2,1,4H3. The van der Waals surface area contributed by atoms with Gasteiger partial charge in [-0.1, -0.05) is 19.1 Å². The van der Waals surface area contributed by atoms with E-state index < -0.39 is 8.32 Å². The predicted molar refractivity (Wildman–Crippen MR) is 57.9 cm³/mol. The summed E-state index contributed by atoms with van der Waals surface area (Å²) in [6, 6.07) is 2.05. The van der Waals surface area contributed by atoms with Gasteiger partial charge in [-0.2, -0.15) is 0 Å². The van der Waals surface area contributed by atoms with Crippen molar-refractivity contribution in [2.24, 2.45) is 0 Å².